The number of nitro groups is 1. The van der Waals surface area contributed by atoms with Crippen LogP contribution in [0.5, 0.6) is 0 Å². The second-order valence-corrected chi connectivity index (χ2v) is 5.53. The summed E-state index contributed by atoms with van der Waals surface area (Å²) in [6.45, 7) is 0.536. The van der Waals surface area contributed by atoms with Gasteiger partial charge in [0, 0.05) is 25.3 Å². The van der Waals surface area contributed by atoms with E-state index >= 15 is 0 Å². The first-order valence-electron chi connectivity index (χ1n) is 6.83. The Kier molecular flexibility index (Phi) is 7.60. The zero-order valence-corrected chi connectivity index (χ0v) is 13.2. The highest BCUT2D eigenvalue weighted by Gasteiger charge is 2.20. The highest BCUT2D eigenvalue weighted by atomic mass is 32.2. The van der Waals surface area contributed by atoms with E-state index in [-0.39, 0.29) is 11.3 Å². The van der Waals surface area contributed by atoms with Gasteiger partial charge in [0.1, 0.15) is 5.56 Å². The third-order valence-electron chi connectivity index (χ3n) is 3.04. The number of rotatable bonds is 9. The molecule has 1 aromatic carbocycles. The highest BCUT2D eigenvalue weighted by Crippen LogP contribution is 2.22. The molecule has 116 valence electrons. The monoisotopic (exact) mass is 311 g/mol. The molecule has 0 aromatic heterocycles. The largest absolute Gasteiger partial charge is 0.388 e. The Morgan fingerprint density at radius 1 is 1.33 bits per heavy atom. The molecule has 0 aliphatic rings. The van der Waals surface area contributed by atoms with Gasteiger partial charge in [-0.25, -0.2) is 0 Å². The molecule has 0 bridgehead atoms. The SMILES string of the molecule is CNc1ccc([N+](=O)[O-])c(C(=O)NCCCCCSC)c1. The summed E-state index contributed by atoms with van der Waals surface area (Å²) in [6, 6.07) is 4.43. The number of nitrogens with zero attached hydrogens (tertiary/aromatic N) is 1. The lowest BCUT2D eigenvalue weighted by molar-refractivity contribution is -0.385. The maximum Gasteiger partial charge on any atom is 0.282 e. The zero-order chi connectivity index (χ0) is 15.7. The summed E-state index contributed by atoms with van der Waals surface area (Å²) in [5.41, 5.74) is 0.593. The van der Waals surface area contributed by atoms with Crippen molar-refractivity contribution in [3.8, 4) is 0 Å². The van der Waals surface area contributed by atoms with Crippen molar-refractivity contribution in [1.29, 1.82) is 0 Å². The van der Waals surface area contributed by atoms with Crippen LogP contribution in [0.15, 0.2) is 18.2 Å². The molecule has 0 fully saturated rings. The fourth-order valence-corrected chi connectivity index (χ4v) is 2.37. The van der Waals surface area contributed by atoms with Crippen molar-refractivity contribution in [2.75, 3.05) is 30.9 Å². The highest BCUT2D eigenvalue weighted by molar-refractivity contribution is 7.98. The van der Waals surface area contributed by atoms with Gasteiger partial charge in [0.25, 0.3) is 11.6 Å². The van der Waals surface area contributed by atoms with Crippen LogP contribution in [0.2, 0.25) is 0 Å². The number of nitrogens with one attached hydrogen (secondary N) is 2. The topological polar surface area (TPSA) is 84.3 Å². The molecule has 1 amide bonds. The molecule has 2 N–H and O–H groups in total. The summed E-state index contributed by atoms with van der Waals surface area (Å²) in [4.78, 5) is 22.5. The molecule has 0 atom stereocenters. The van der Waals surface area contributed by atoms with E-state index < -0.39 is 10.8 Å². The van der Waals surface area contributed by atoms with E-state index in [9.17, 15) is 14.9 Å². The van der Waals surface area contributed by atoms with Gasteiger partial charge in [0.15, 0.2) is 0 Å². The molecule has 0 aliphatic heterocycles. The number of carbonyl (C=O) groups is 1. The molecule has 21 heavy (non-hydrogen) atoms. The number of amides is 1. The van der Waals surface area contributed by atoms with E-state index in [1.54, 1.807) is 24.9 Å². The zero-order valence-electron chi connectivity index (χ0n) is 12.3. The van der Waals surface area contributed by atoms with Crippen molar-refractivity contribution in [2.45, 2.75) is 19.3 Å². The Hall–Kier alpha value is -1.76. The average Bonchev–Trinajstić information content (AvgIpc) is 2.49. The van der Waals surface area contributed by atoms with Crippen LogP contribution in [0, 0.1) is 10.1 Å². The summed E-state index contributed by atoms with van der Waals surface area (Å²) in [5, 5.41) is 16.6. The molecule has 6 nitrogen and oxygen atoms in total. The fraction of sp³-hybridized carbons (Fsp3) is 0.500. The molecule has 0 radical (unpaired) electrons. The predicted octanol–water partition coefficient (Wildman–Crippen LogP) is 2.90. The number of hydrogen-bond donors (Lipinski definition) is 2. The Balaban J connectivity index is 2.61. The van der Waals surface area contributed by atoms with E-state index in [2.05, 4.69) is 16.9 Å². The molecule has 0 unspecified atom stereocenters. The minimum atomic E-state index is -0.535. The van der Waals surface area contributed by atoms with Gasteiger partial charge < -0.3 is 10.6 Å². The van der Waals surface area contributed by atoms with Crippen LogP contribution in [0.1, 0.15) is 29.6 Å². The minimum Gasteiger partial charge on any atom is -0.388 e. The van der Waals surface area contributed by atoms with Crippen LogP contribution in [0.4, 0.5) is 11.4 Å². The third-order valence-corrected chi connectivity index (χ3v) is 3.73. The molecule has 7 heteroatoms. The Morgan fingerprint density at radius 2 is 2.10 bits per heavy atom. The first kappa shape index (κ1) is 17.3. The number of anilines is 1. The summed E-state index contributed by atoms with van der Waals surface area (Å²) in [7, 11) is 1.70. The van der Waals surface area contributed by atoms with E-state index in [1.165, 1.54) is 12.1 Å². The molecular weight excluding hydrogens is 290 g/mol. The van der Waals surface area contributed by atoms with Crippen LogP contribution in [-0.2, 0) is 0 Å². The Morgan fingerprint density at radius 3 is 2.71 bits per heavy atom. The molecule has 1 rings (SSSR count). The summed E-state index contributed by atoms with van der Waals surface area (Å²) in [5.74, 6) is 0.715. The van der Waals surface area contributed by atoms with Crippen molar-refractivity contribution >= 4 is 29.0 Å². The van der Waals surface area contributed by atoms with Crippen molar-refractivity contribution in [3.63, 3.8) is 0 Å². The quantitative estimate of drug-likeness (QED) is 0.416. The average molecular weight is 311 g/mol. The van der Waals surface area contributed by atoms with Crippen LogP contribution in [0.3, 0.4) is 0 Å². The Labute approximate surface area is 128 Å². The van der Waals surface area contributed by atoms with Gasteiger partial charge in [0.05, 0.1) is 4.92 Å². The van der Waals surface area contributed by atoms with E-state index in [0.29, 0.717) is 12.2 Å². The molecule has 0 saturated carbocycles. The van der Waals surface area contributed by atoms with Crippen LogP contribution < -0.4 is 10.6 Å². The standard InChI is InChI=1S/C14H21N3O3S/c1-15-11-6-7-13(17(19)20)12(10-11)14(18)16-8-4-3-5-9-21-2/h6-7,10,15H,3-5,8-9H2,1-2H3,(H,16,18). The van der Waals surface area contributed by atoms with Crippen LogP contribution >= 0.6 is 11.8 Å². The number of unbranched alkanes of at least 4 members (excludes halogenated alkanes) is 2. The third kappa shape index (κ3) is 5.63. The lowest BCUT2D eigenvalue weighted by Gasteiger charge is -2.07. The second-order valence-electron chi connectivity index (χ2n) is 4.55. The van der Waals surface area contributed by atoms with E-state index in [0.717, 1.165) is 25.0 Å². The molecule has 0 saturated heterocycles. The van der Waals surface area contributed by atoms with Crippen molar-refractivity contribution < 1.29 is 9.72 Å². The van der Waals surface area contributed by atoms with Crippen LogP contribution in [-0.4, -0.2) is 36.4 Å². The number of carbonyl (C=O) groups excluding carboxylic acids is 1. The molecular formula is C14H21N3O3S. The first-order valence-corrected chi connectivity index (χ1v) is 8.23. The van der Waals surface area contributed by atoms with Crippen molar-refractivity contribution in [1.82, 2.24) is 5.32 Å². The lowest BCUT2D eigenvalue weighted by Crippen LogP contribution is -2.25. The van der Waals surface area contributed by atoms with Crippen LogP contribution in [0.25, 0.3) is 0 Å². The molecule has 0 heterocycles. The fourth-order valence-electron chi connectivity index (χ4n) is 1.88. The summed E-state index contributed by atoms with van der Waals surface area (Å²) in [6.07, 6.45) is 5.10. The normalized spacial score (nSPS) is 10.2. The van der Waals surface area contributed by atoms with Crippen molar-refractivity contribution in [2.24, 2.45) is 0 Å². The van der Waals surface area contributed by atoms with Gasteiger partial charge in [0.2, 0.25) is 0 Å². The van der Waals surface area contributed by atoms with Gasteiger partial charge >= 0.3 is 0 Å². The first-order chi connectivity index (χ1) is 10.1. The van der Waals surface area contributed by atoms with Crippen molar-refractivity contribution in [3.05, 3.63) is 33.9 Å². The minimum absolute atomic E-state index is 0.0935. The number of benzene rings is 1. The van der Waals surface area contributed by atoms with Gasteiger partial charge in [-0.3, -0.25) is 14.9 Å². The molecule has 0 spiro atoms. The Bertz CT molecular complexity index is 494. The maximum atomic E-state index is 12.1. The van der Waals surface area contributed by atoms with Gasteiger partial charge in [-0.15, -0.1) is 0 Å². The lowest BCUT2D eigenvalue weighted by atomic mass is 10.1. The number of nitro benzene ring substituents is 1. The van der Waals surface area contributed by atoms with E-state index in [4.69, 9.17) is 0 Å². The summed E-state index contributed by atoms with van der Waals surface area (Å²) >= 11 is 1.80. The van der Waals surface area contributed by atoms with Gasteiger partial charge in [-0.05, 0) is 37.0 Å². The van der Waals surface area contributed by atoms with Gasteiger partial charge in [-0.1, -0.05) is 6.42 Å². The number of hydrogen-bond acceptors (Lipinski definition) is 5. The molecule has 0 aliphatic carbocycles. The predicted molar refractivity (Wildman–Crippen MR) is 87.2 cm³/mol. The maximum absolute atomic E-state index is 12.1. The summed E-state index contributed by atoms with van der Waals surface area (Å²) < 4.78 is 0. The van der Waals surface area contributed by atoms with E-state index in [1.807, 2.05) is 0 Å². The smallest absolute Gasteiger partial charge is 0.282 e. The molecule has 1 aromatic rings. The van der Waals surface area contributed by atoms with Gasteiger partial charge in [-0.2, -0.15) is 11.8 Å². The second kappa shape index (κ2) is 9.23. The number of thioether (sulfide) groups is 1.